The molecule has 13 heavy (non-hydrogen) atoms. The zero-order valence-electron chi connectivity index (χ0n) is 7.36. The topological polar surface area (TPSA) is 80.7 Å². The number of hydrogen-bond acceptors (Lipinski definition) is 4. The fourth-order valence-electron chi connectivity index (χ4n) is 0.649. The fraction of sp³-hybridized carbons (Fsp3) is 0.375. The lowest BCUT2D eigenvalue weighted by molar-refractivity contribution is -0.146. The van der Waals surface area contributed by atoms with Crippen molar-refractivity contribution in [2.45, 2.75) is 13.8 Å². The SMILES string of the molecule is CC=C(C(=O)O)C(=O)COC(C)=O. The van der Waals surface area contributed by atoms with Crippen LogP contribution in [-0.4, -0.2) is 29.4 Å². The van der Waals surface area contributed by atoms with Gasteiger partial charge in [-0.1, -0.05) is 6.08 Å². The van der Waals surface area contributed by atoms with Gasteiger partial charge in [0.15, 0.2) is 6.61 Å². The van der Waals surface area contributed by atoms with Crippen LogP contribution in [0.1, 0.15) is 13.8 Å². The highest BCUT2D eigenvalue weighted by Crippen LogP contribution is 1.97. The van der Waals surface area contributed by atoms with Crippen LogP contribution in [0.5, 0.6) is 0 Å². The van der Waals surface area contributed by atoms with Crippen molar-refractivity contribution in [3.63, 3.8) is 0 Å². The van der Waals surface area contributed by atoms with Crippen molar-refractivity contribution < 1.29 is 24.2 Å². The quantitative estimate of drug-likeness (QED) is 0.292. The van der Waals surface area contributed by atoms with Crippen LogP contribution >= 0.6 is 0 Å². The van der Waals surface area contributed by atoms with Crippen molar-refractivity contribution in [2.24, 2.45) is 0 Å². The van der Waals surface area contributed by atoms with Gasteiger partial charge >= 0.3 is 11.9 Å². The molecule has 0 aliphatic rings. The Morgan fingerprint density at radius 2 is 1.92 bits per heavy atom. The van der Waals surface area contributed by atoms with Crippen molar-refractivity contribution in [2.75, 3.05) is 6.61 Å². The predicted molar refractivity (Wildman–Crippen MR) is 43.0 cm³/mol. The molecule has 0 saturated heterocycles. The van der Waals surface area contributed by atoms with Crippen LogP contribution in [0.3, 0.4) is 0 Å². The average molecular weight is 186 g/mol. The van der Waals surface area contributed by atoms with E-state index in [-0.39, 0.29) is 5.57 Å². The second-order valence-electron chi connectivity index (χ2n) is 2.21. The molecular weight excluding hydrogens is 176 g/mol. The number of hydrogen-bond donors (Lipinski definition) is 1. The Kier molecular flexibility index (Phi) is 4.43. The molecule has 5 nitrogen and oxygen atoms in total. The third-order valence-corrected chi connectivity index (χ3v) is 1.23. The molecule has 0 aliphatic heterocycles. The molecule has 5 heteroatoms. The maximum atomic E-state index is 11.0. The third-order valence-electron chi connectivity index (χ3n) is 1.23. The number of allylic oxidation sites excluding steroid dienone is 1. The van der Waals surface area contributed by atoms with Gasteiger partial charge in [0.2, 0.25) is 5.78 Å². The number of ether oxygens (including phenoxy) is 1. The zero-order chi connectivity index (χ0) is 10.4. The number of esters is 1. The number of carboxylic acid groups (broad SMARTS) is 1. The maximum Gasteiger partial charge on any atom is 0.339 e. The van der Waals surface area contributed by atoms with E-state index in [4.69, 9.17) is 5.11 Å². The van der Waals surface area contributed by atoms with Gasteiger partial charge in [-0.15, -0.1) is 0 Å². The third kappa shape index (κ3) is 4.05. The second-order valence-corrected chi connectivity index (χ2v) is 2.21. The van der Waals surface area contributed by atoms with E-state index in [0.29, 0.717) is 0 Å². The molecule has 0 bridgehead atoms. The Morgan fingerprint density at radius 1 is 1.38 bits per heavy atom. The number of aliphatic carboxylic acids is 1. The smallest absolute Gasteiger partial charge is 0.339 e. The number of ketones is 1. The van der Waals surface area contributed by atoms with Crippen molar-refractivity contribution in [1.29, 1.82) is 0 Å². The van der Waals surface area contributed by atoms with E-state index in [2.05, 4.69) is 4.74 Å². The fourth-order valence-corrected chi connectivity index (χ4v) is 0.649. The Morgan fingerprint density at radius 3 is 2.23 bits per heavy atom. The molecule has 0 unspecified atom stereocenters. The molecule has 0 atom stereocenters. The van der Waals surface area contributed by atoms with E-state index in [1.165, 1.54) is 6.92 Å². The molecule has 72 valence electrons. The van der Waals surface area contributed by atoms with Gasteiger partial charge in [-0.2, -0.15) is 0 Å². The minimum absolute atomic E-state index is 0.374. The maximum absolute atomic E-state index is 11.0. The monoisotopic (exact) mass is 186 g/mol. The van der Waals surface area contributed by atoms with Crippen LogP contribution in [0.2, 0.25) is 0 Å². The molecule has 0 saturated carbocycles. The molecule has 0 rings (SSSR count). The summed E-state index contributed by atoms with van der Waals surface area (Å²) in [7, 11) is 0. The van der Waals surface area contributed by atoms with E-state index in [1.807, 2.05) is 0 Å². The summed E-state index contributed by atoms with van der Waals surface area (Å²) in [5, 5.41) is 8.48. The molecule has 0 aromatic heterocycles. The van der Waals surface area contributed by atoms with Crippen LogP contribution in [0, 0.1) is 0 Å². The first-order valence-corrected chi connectivity index (χ1v) is 3.55. The van der Waals surface area contributed by atoms with Gasteiger partial charge in [0.1, 0.15) is 5.57 Å². The Bertz CT molecular complexity index is 264. The van der Waals surface area contributed by atoms with E-state index in [1.54, 1.807) is 0 Å². The molecule has 0 aromatic carbocycles. The highest BCUT2D eigenvalue weighted by Gasteiger charge is 2.16. The van der Waals surface area contributed by atoms with Gasteiger partial charge < -0.3 is 9.84 Å². The summed E-state index contributed by atoms with van der Waals surface area (Å²) in [5.41, 5.74) is -0.374. The van der Waals surface area contributed by atoms with Crippen molar-refractivity contribution in [3.05, 3.63) is 11.6 Å². The van der Waals surface area contributed by atoms with Gasteiger partial charge in [-0.3, -0.25) is 9.59 Å². The van der Waals surface area contributed by atoms with E-state index in [9.17, 15) is 14.4 Å². The van der Waals surface area contributed by atoms with Gasteiger partial charge in [-0.05, 0) is 6.92 Å². The number of rotatable bonds is 4. The number of Topliss-reactive ketones (excluding diaryl/α,β-unsaturated/α-hetero) is 1. The first-order valence-electron chi connectivity index (χ1n) is 3.55. The lowest BCUT2D eigenvalue weighted by Gasteiger charge is -2.00. The summed E-state index contributed by atoms with van der Waals surface area (Å²) in [5.74, 6) is -2.65. The van der Waals surface area contributed by atoms with Crippen LogP contribution in [0.25, 0.3) is 0 Å². The molecule has 0 aromatic rings. The van der Waals surface area contributed by atoms with Gasteiger partial charge in [0.25, 0.3) is 0 Å². The van der Waals surface area contributed by atoms with Crippen molar-refractivity contribution in [1.82, 2.24) is 0 Å². The van der Waals surface area contributed by atoms with Gasteiger partial charge in [-0.25, -0.2) is 4.79 Å². The van der Waals surface area contributed by atoms with Crippen LogP contribution in [0.4, 0.5) is 0 Å². The Balaban J connectivity index is 4.25. The van der Waals surface area contributed by atoms with Gasteiger partial charge in [0, 0.05) is 6.92 Å². The molecule has 0 spiro atoms. The van der Waals surface area contributed by atoms with Crippen molar-refractivity contribution >= 4 is 17.7 Å². The summed E-state index contributed by atoms with van der Waals surface area (Å²) in [6, 6.07) is 0. The standard InChI is InChI=1S/C8H10O5/c1-3-6(8(11)12)7(10)4-13-5(2)9/h3H,4H2,1-2H3,(H,11,12). The van der Waals surface area contributed by atoms with E-state index in [0.717, 1.165) is 13.0 Å². The minimum Gasteiger partial charge on any atom is -0.478 e. The lowest BCUT2D eigenvalue weighted by Crippen LogP contribution is -2.18. The van der Waals surface area contributed by atoms with Crippen LogP contribution in [-0.2, 0) is 19.1 Å². The van der Waals surface area contributed by atoms with Crippen molar-refractivity contribution in [3.8, 4) is 0 Å². The number of carbonyl (C=O) groups excluding carboxylic acids is 2. The van der Waals surface area contributed by atoms with E-state index >= 15 is 0 Å². The second kappa shape index (κ2) is 5.08. The molecule has 0 heterocycles. The van der Waals surface area contributed by atoms with E-state index < -0.39 is 24.3 Å². The van der Waals surface area contributed by atoms with Crippen LogP contribution in [0.15, 0.2) is 11.6 Å². The van der Waals surface area contributed by atoms with Crippen LogP contribution < -0.4 is 0 Å². The Hall–Kier alpha value is -1.65. The summed E-state index contributed by atoms with van der Waals surface area (Å²) in [4.78, 5) is 31.7. The first kappa shape index (κ1) is 11.4. The molecule has 0 radical (unpaired) electrons. The average Bonchev–Trinajstić information content (AvgIpc) is 2.01. The Labute approximate surface area is 75.0 Å². The largest absolute Gasteiger partial charge is 0.478 e. The normalized spacial score (nSPS) is 10.8. The minimum atomic E-state index is -1.32. The number of carbonyl (C=O) groups is 3. The summed E-state index contributed by atoms with van der Waals surface area (Å²) < 4.78 is 4.34. The predicted octanol–water partition coefficient (Wildman–Crippen LogP) is 0.149. The summed E-state index contributed by atoms with van der Waals surface area (Å²) in [6.45, 7) is 2.04. The molecule has 0 fully saturated rings. The number of carboxylic acids is 1. The molecule has 0 amide bonds. The molecular formula is C8H10O5. The molecule has 1 N–H and O–H groups in total. The summed E-state index contributed by atoms with van der Waals surface area (Å²) >= 11 is 0. The molecule has 0 aliphatic carbocycles. The highest BCUT2D eigenvalue weighted by molar-refractivity contribution is 6.17. The zero-order valence-corrected chi connectivity index (χ0v) is 7.36. The first-order chi connectivity index (χ1) is 5.99. The summed E-state index contributed by atoms with van der Waals surface area (Å²) in [6.07, 6.45) is 1.16. The highest BCUT2D eigenvalue weighted by atomic mass is 16.5. The lowest BCUT2D eigenvalue weighted by atomic mass is 10.2. The van der Waals surface area contributed by atoms with Gasteiger partial charge in [0.05, 0.1) is 0 Å².